The second-order valence-electron chi connectivity index (χ2n) is 22.4. The Balaban J connectivity index is 0.757. The van der Waals surface area contributed by atoms with Crippen molar-refractivity contribution < 1.29 is 85.9 Å². The number of fused-ring (bicyclic) bond motifs is 9. The van der Waals surface area contributed by atoms with Crippen LogP contribution in [0.5, 0.6) is 0 Å². The number of Topliss-reactive ketones (excluding diaryl/α,β-unsaturated/α-hetero) is 1. The number of carbonyl (C=O) groups excluding carboxylic acids is 4. The van der Waals surface area contributed by atoms with Crippen molar-refractivity contribution in [1.82, 2.24) is 10.2 Å². The summed E-state index contributed by atoms with van der Waals surface area (Å²) in [5.41, 5.74) is 2.10. The molecular formula is C56H84N2O18. The molecule has 9 heterocycles. The Bertz CT molecular complexity index is 2020. The number of hydrogen-bond acceptors (Lipinski definition) is 18. The van der Waals surface area contributed by atoms with Gasteiger partial charge >= 0.3 is 0 Å². The molecule has 1 spiro atoms. The normalized spacial score (nSPS) is 39.1. The quantitative estimate of drug-likeness (QED) is 0.0952. The van der Waals surface area contributed by atoms with Crippen molar-refractivity contribution >= 4 is 23.5 Å². The van der Waals surface area contributed by atoms with E-state index in [1.807, 2.05) is 0 Å². The Morgan fingerprint density at radius 3 is 2.16 bits per heavy atom. The van der Waals surface area contributed by atoms with Crippen molar-refractivity contribution in [2.75, 3.05) is 80.2 Å². The monoisotopic (exact) mass is 1070 g/mol. The molecule has 0 aromatic carbocycles. The van der Waals surface area contributed by atoms with Gasteiger partial charge in [-0.05, 0) is 62.0 Å². The lowest BCUT2D eigenvalue weighted by molar-refractivity contribution is -0.277. The third kappa shape index (κ3) is 14.5. The maximum absolute atomic E-state index is 14.4. The molecule has 426 valence electrons. The minimum absolute atomic E-state index is 0.00362. The molecule has 0 aliphatic carbocycles. The van der Waals surface area contributed by atoms with E-state index in [0.717, 1.165) is 54.6 Å². The van der Waals surface area contributed by atoms with Gasteiger partial charge in [-0.25, -0.2) is 0 Å². The van der Waals surface area contributed by atoms with Gasteiger partial charge in [0.25, 0.3) is 11.8 Å². The van der Waals surface area contributed by atoms with Crippen LogP contribution in [0.1, 0.15) is 103 Å². The number of aliphatic hydroxyl groups excluding tert-OH is 1. The Morgan fingerprint density at radius 1 is 0.724 bits per heavy atom. The topological polar surface area (TPSA) is 224 Å². The molecule has 9 rings (SSSR count). The van der Waals surface area contributed by atoms with Crippen molar-refractivity contribution in [1.29, 1.82) is 0 Å². The summed E-state index contributed by atoms with van der Waals surface area (Å²) in [6.45, 7) is 13.8. The molecule has 0 aromatic rings. The minimum Gasteiger partial charge on any atom is -0.391 e. The summed E-state index contributed by atoms with van der Waals surface area (Å²) in [7, 11) is 3.35. The van der Waals surface area contributed by atoms with E-state index in [2.05, 4.69) is 25.4 Å². The maximum Gasteiger partial charge on any atom is 0.253 e. The number of imide groups is 1. The second kappa shape index (κ2) is 26.9. The van der Waals surface area contributed by atoms with E-state index in [-0.39, 0.29) is 154 Å². The summed E-state index contributed by atoms with van der Waals surface area (Å²) < 4.78 is 82.2. The summed E-state index contributed by atoms with van der Waals surface area (Å²) in [5.74, 6) is -1.89. The number of hydrogen-bond donors (Lipinski definition) is 2. The lowest BCUT2D eigenvalue weighted by Gasteiger charge is -2.47. The van der Waals surface area contributed by atoms with E-state index in [4.69, 9.17) is 61.6 Å². The molecule has 10 bridgehead atoms. The SMILES string of the molecule is C=C1C[C@@H]2CC[C@]34C[C@@H](OC)[C@H](O3)C3C[C@@H](O4)[C@H]4O[C@H](CC[C@@H]4O3)CC(=O)C[C@@H]3[C@@H](OC)[C@@H](C[C@H](O)CNC(=O)CCOCCOCCOCCOCCN4C(=O)C=CC4=O)O[C@H]3C[C@H]3O[C@@H](CC[C@@H]1O2)C[C@@H](C)C3=C. The molecule has 20 nitrogen and oxygen atoms in total. The summed E-state index contributed by atoms with van der Waals surface area (Å²) in [4.78, 5) is 51.5. The molecule has 18 atom stereocenters. The number of amides is 3. The molecule has 1 unspecified atom stereocenters. The lowest BCUT2D eigenvalue weighted by atomic mass is 9.81. The molecule has 20 heteroatoms. The third-order valence-corrected chi connectivity index (χ3v) is 17.1. The molecule has 9 aliphatic heterocycles. The first-order valence-corrected chi connectivity index (χ1v) is 28.1. The van der Waals surface area contributed by atoms with E-state index in [9.17, 15) is 24.3 Å². The Labute approximate surface area is 447 Å². The number of rotatable bonds is 21. The van der Waals surface area contributed by atoms with Gasteiger partial charge in [-0.3, -0.25) is 24.1 Å². The highest BCUT2D eigenvalue weighted by molar-refractivity contribution is 6.12. The maximum atomic E-state index is 14.4. The number of nitrogens with one attached hydrogen (secondary N) is 1. The first-order valence-electron chi connectivity index (χ1n) is 28.1. The van der Waals surface area contributed by atoms with Crippen LogP contribution in [0.15, 0.2) is 36.5 Å². The zero-order valence-corrected chi connectivity index (χ0v) is 44.9. The van der Waals surface area contributed by atoms with E-state index < -0.39 is 30.2 Å². The van der Waals surface area contributed by atoms with Crippen molar-refractivity contribution in [3.63, 3.8) is 0 Å². The Kier molecular flexibility index (Phi) is 20.4. The van der Waals surface area contributed by atoms with Crippen LogP contribution in [0.2, 0.25) is 0 Å². The third-order valence-electron chi connectivity index (χ3n) is 17.1. The lowest BCUT2D eigenvalue weighted by Crippen LogP contribution is -2.58. The van der Waals surface area contributed by atoms with Crippen molar-refractivity contribution in [2.45, 2.75) is 201 Å². The van der Waals surface area contributed by atoms with Gasteiger partial charge in [0.1, 0.15) is 18.0 Å². The number of nitrogens with zero attached hydrogens (tertiary/aromatic N) is 1. The van der Waals surface area contributed by atoms with Crippen LogP contribution in [-0.2, 0) is 80.8 Å². The van der Waals surface area contributed by atoms with Crippen molar-refractivity contribution in [2.24, 2.45) is 11.8 Å². The second-order valence-corrected chi connectivity index (χ2v) is 22.4. The first kappa shape index (κ1) is 57.6. The highest BCUT2D eigenvalue weighted by atomic mass is 16.7. The highest BCUT2D eigenvalue weighted by Crippen LogP contribution is 2.50. The predicted octanol–water partition coefficient (Wildman–Crippen LogP) is 3.61. The fourth-order valence-corrected chi connectivity index (χ4v) is 13.1. The molecule has 0 radical (unpaired) electrons. The minimum atomic E-state index is -0.950. The van der Waals surface area contributed by atoms with Gasteiger partial charge in [0.15, 0.2) is 5.79 Å². The number of carbonyl (C=O) groups is 4. The largest absolute Gasteiger partial charge is 0.391 e. The van der Waals surface area contributed by atoms with Crippen LogP contribution >= 0.6 is 0 Å². The number of methoxy groups -OCH3 is 2. The van der Waals surface area contributed by atoms with Gasteiger partial charge in [-0.2, -0.15) is 0 Å². The zero-order chi connectivity index (χ0) is 53.3. The predicted molar refractivity (Wildman–Crippen MR) is 271 cm³/mol. The summed E-state index contributed by atoms with van der Waals surface area (Å²) in [5, 5.41) is 14.2. The van der Waals surface area contributed by atoms with Crippen LogP contribution in [-0.4, -0.2) is 211 Å². The fraction of sp³-hybridized carbons (Fsp3) is 0.821. The Morgan fingerprint density at radius 2 is 1.42 bits per heavy atom. The van der Waals surface area contributed by atoms with Gasteiger partial charge in [0.05, 0.1) is 139 Å². The standard InChI is InChI=1S/C56H84N2O18/c1-33-24-38-6-8-42-34(2)25-40(70-42)12-14-56-31-49(64-4)55(76-56)47-30-48(75-56)54-43(73-47)9-7-39(72-54)26-36(59)27-41-45(29-44(71-38)35(33)3)74-46(53(41)65-5)28-37(60)32-57-50(61)13-16-66-18-20-68-22-23-69-21-19-67-17-15-58-51(62)10-11-52(58)63/h10-11,33,37-49,53-55,60H,2-3,6-9,12-32H2,1,4-5H3,(H,57,61)/t33-,37+,38+,39-,40+,41+,42+,43+,44-,45+,46-,47?,48-,49-,53-,54+,55-,56-/m1/s1. The highest BCUT2D eigenvalue weighted by Gasteiger charge is 2.60. The zero-order valence-electron chi connectivity index (χ0n) is 44.9. The molecule has 9 aliphatic rings. The molecule has 2 N–H and O–H groups in total. The Hall–Kier alpha value is -3.06. The summed E-state index contributed by atoms with van der Waals surface area (Å²) in [6, 6.07) is 0. The van der Waals surface area contributed by atoms with Crippen LogP contribution < -0.4 is 5.32 Å². The van der Waals surface area contributed by atoms with Crippen LogP contribution in [0.3, 0.4) is 0 Å². The number of ketones is 1. The van der Waals surface area contributed by atoms with Gasteiger partial charge in [0, 0.05) is 90.2 Å². The molecule has 0 aromatic heterocycles. The number of aliphatic hydroxyl groups is 1. The number of ether oxygens (including phenoxy) is 13. The van der Waals surface area contributed by atoms with Gasteiger partial charge < -0.3 is 72.0 Å². The van der Waals surface area contributed by atoms with Gasteiger partial charge in [-0.15, -0.1) is 0 Å². The van der Waals surface area contributed by atoms with E-state index >= 15 is 0 Å². The first-order chi connectivity index (χ1) is 36.8. The molecule has 3 amide bonds. The van der Waals surface area contributed by atoms with Crippen molar-refractivity contribution in [3.8, 4) is 0 Å². The molecular weight excluding hydrogens is 989 g/mol. The van der Waals surface area contributed by atoms with E-state index in [1.165, 1.54) is 12.2 Å². The van der Waals surface area contributed by atoms with Crippen LogP contribution in [0.4, 0.5) is 0 Å². The van der Waals surface area contributed by atoms with Crippen molar-refractivity contribution in [3.05, 3.63) is 36.5 Å². The average molecular weight is 1070 g/mol. The summed E-state index contributed by atoms with van der Waals surface area (Å²) >= 11 is 0. The molecule has 76 heavy (non-hydrogen) atoms. The van der Waals surface area contributed by atoms with Gasteiger partial charge in [0.2, 0.25) is 5.91 Å². The van der Waals surface area contributed by atoms with Crippen LogP contribution in [0.25, 0.3) is 0 Å². The van der Waals surface area contributed by atoms with Gasteiger partial charge in [-0.1, -0.05) is 20.1 Å². The van der Waals surface area contributed by atoms with E-state index in [0.29, 0.717) is 71.7 Å². The molecule has 0 saturated carbocycles. The average Bonchev–Trinajstić information content (AvgIpc) is 4.20. The fourth-order valence-electron chi connectivity index (χ4n) is 13.1. The summed E-state index contributed by atoms with van der Waals surface area (Å²) in [6.07, 6.45) is 6.31. The smallest absolute Gasteiger partial charge is 0.253 e. The van der Waals surface area contributed by atoms with Crippen LogP contribution in [0, 0.1) is 11.8 Å². The molecule has 8 fully saturated rings. The molecule has 8 saturated heterocycles. The van der Waals surface area contributed by atoms with E-state index in [1.54, 1.807) is 14.2 Å².